The summed E-state index contributed by atoms with van der Waals surface area (Å²) in [6, 6.07) is 18.6. The predicted molar refractivity (Wildman–Crippen MR) is 73.5 cm³/mol. The van der Waals surface area contributed by atoms with Gasteiger partial charge < -0.3 is 10.1 Å². The number of ether oxygens (including phenoxy) is 1. The van der Waals surface area contributed by atoms with Crippen LogP contribution in [0.1, 0.15) is 11.1 Å². The van der Waals surface area contributed by atoms with E-state index in [-0.39, 0.29) is 0 Å². The number of benzene rings is 2. The number of likely N-dealkylation sites (N-methyl/N-ethyl adjacent to an activating group) is 1. The van der Waals surface area contributed by atoms with E-state index in [0.717, 1.165) is 17.0 Å². The number of hydrogen-bond donors (Lipinski definition) is 1. The maximum atomic E-state index is 5.76. The molecule has 2 aromatic rings. The predicted octanol–water partition coefficient (Wildman–Crippen LogP) is 3.06. The van der Waals surface area contributed by atoms with E-state index in [4.69, 9.17) is 4.74 Å². The summed E-state index contributed by atoms with van der Waals surface area (Å²) in [4.78, 5) is 0. The van der Waals surface area contributed by atoms with Crippen LogP contribution < -0.4 is 10.1 Å². The van der Waals surface area contributed by atoms with Crippen LogP contribution in [0.15, 0.2) is 60.3 Å². The molecule has 0 bridgehead atoms. The van der Waals surface area contributed by atoms with Gasteiger partial charge in [0, 0.05) is 18.2 Å². The summed E-state index contributed by atoms with van der Waals surface area (Å²) in [6.07, 6.45) is 0. The Labute approximate surface area is 107 Å². The molecule has 1 aliphatic rings. The van der Waals surface area contributed by atoms with Gasteiger partial charge in [-0.3, -0.25) is 0 Å². The van der Waals surface area contributed by atoms with E-state index in [1.54, 1.807) is 0 Å². The fraction of sp³-hybridized carbons (Fsp3) is 0.125. The minimum atomic E-state index is 0.595. The van der Waals surface area contributed by atoms with Crippen LogP contribution in [0.25, 0.3) is 5.57 Å². The van der Waals surface area contributed by atoms with Gasteiger partial charge in [0.25, 0.3) is 0 Å². The molecule has 0 saturated carbocycles. The van der Waals surface area contributed by atoms with Gasteiger partial charge in [0.15, 0.2) is 0 Å². The van der Waals surface area contributed by atoms with Crippen LogP contribution in [0, 0.1) is 0 Å². The molecule has 0 atom stereocenters. The van der Waals surface area contributed by atoms with Crippen molar-refractivity contribution in [1.29, 1.82) is 0 Å². The van der Waals surface area contributed by atoms with Gasteiger partial charge in [-0.2, -0.15) is 0 Å². The average Bonchev–Trinajstić information content (AvgIpc) is 2.47. The molecule has 1 N–H and O–H groups in total. The normalized spacial score (nSPS) is 13.8. The molecule has 0 spiro atoms. The molecule has 1 heterocycles. The highest BCUT2D eigenvalue weighted by molar-refractivity contribution is 5.85. The molecule has 0 aliphatic carbocycles. The first-order valence-corrected chi connectivity index (χ1v) is 6.08. The molecule has 0 radical (unpaired) electrons. The van der Waals surface area contributed by atoms with Crippen LogP contribution in [-0.4, -0.2) is 13.7 Å². The van der Waals surface area contributed by atoms with Gasteiger partial charge in [-0.25, -0.2) is 0 Å². The zero-order valence-electron chi connectivity index (χ0n) is 10.3. The zero-order valence-corrected chi connectivity index (χ0v) is 10.3. The Kier molecular flexibility index (Phi) is 2.77. The van der Waals surface area contributed by atoms with Crippen molar-refractivity contribution in [3.05, 3.63) is 71.4 Å². The monoisotopic (exact) mass is 237 g/mol. The lowest BCUT2D eigenvalue weighted by molar-refractivity contribution is 0.338. The smallest absolute Gasteiger partial charge is 0.128 e. The van der Waals surface area contributed by atoms with Crippen molar-refractivity contribution in [1.82, 2.24) is 5.32 Å². The van der Waals surface area contributed by atoms with Crippen LogP contribution in [0.3, 0.4) is 0 Å². The fourth-order valence-corrected chi connectivity index (χ4v) is 2.32. The Morgan fingerprint density at radius 3 is 2.44 bits per heavy atom. The van der Waals surface area contributed by atoms with Gasteiger partial charge in [0.05, 0.1) is 5.70 Å². The van der Waals surface area contributed by atoms with Crippen molar-refractivity contribution in [2.75, 3.05) is 13.7 Å². The molecule has 18 heavy (non-hydrogen) atoms. The summed E-state index contributed by atoms with van der Waals surface area (Å²) in [5.74, 6) is 0.954. The molecular formula is C16H15NO. The van der Waals surface area contributed by atoms with Crippen molar-refractivity contribution >= 4 is 5.57 Å². The first-order valence-electron chi connectivity index (χ1n) is 6.08. The fourth-order valence-electron chi connectivity index (χ4n) is 2.32. The van der Waals surface area contributed by atoms with Gasteiger partial charge >= 0.3 is 0 Å². The Morgan fingerprint density at radius 2 is 1.67 bits per heavy atom. The van der Waals surface area contributed by atoms with Crippen LogP contribution in [0.4, 0.5) is 0 Å². The van der Waals surface area contributed by atoms with Gasteiger partial charge in [-0.1, -0.05) is 48.5 Å². The molecular weight excluding hydrogens is 222 g/mol. The van der Waals surface area contributed by atoms with Crippen molar-refractivity contribution < 1.29 is 4.74 Å². The molecule has 0 amide bonds. The largest absolute Gasteiger partial charge is 0.487 e. The third-order valence-corrected chi connectivity index (χ3v) is 3.19. The molecule has 0 unspecified atom stereocenters. The maximum Gasteiger partial charge on any atom is 0.128 e. The molecule has 2 aromatic carbocycles. The number of para-hydroxylation sites is 1. The van der Waals surface area contributed by atoms with Gasteiger partial charge in [-0.05, 0) is 11.6 Å². The minimum absolute atomic E-state index is 0.595. The average molecular weight is 237 g/mol. The quantitative estimate of drug-likeness (QED) is 0.866. The Morgan fingerprint density at radius 1 is 0.944 bits per heavy atom. The van der Waals surface area contributed by atoms with Crippen molar-refractivity contribution in [2.24, 2.45) is 0 Å². The van der Waals surface area contributed by atoms with E-state index in [1.807, 2.05) is 31.3 Å². The van der Waals surface area contributed by atoms with Crippen LogP contribution in [-0.2, 0) is 0 Å². The highest BCUT2D eigenvalue weighted by Gasteiger charge is 2.20. The molecule has 0 fully saturated rings. The summed E-state index contributed by atoms with van der Waals surface area (Å²) >= 11 is 0. The molecule has 2 nitrogen and oxygen atoms in total. The van der Waals surface area contributed by atoms with Crippen molar-refractivity contribution in [2.45, 2.75) is 0 Å². The topological polar surface area (TPSA) is 21.3 Å². The lowest BCUT2D eigenvalue weighted by Gasteiger charge is -2.24. The third-order valence-electron chi connectivity index (χ3n) is 3.19. The second kappa shape index (κ2) is 4.57. The highest BCUT2D eigenvalue weighted by atomic mass is 16.5. The Bertz CT molecular complexity index is 587. The van der Waals surface area contributed by atoms with E-state index >= 15 is 0 Å². The summed E-state index contributed by atoms with van der Waals surface area (Å²) < 4.78 is 5.76. The number of rotatable bonds is 2. The van der Waals surface area contributed by atoms with Gasteiger partial charge in [0.1, 0.15) is 12.4 Å². The molecule has 1 aliphatic heterocycles. The maximum absolute atomic E-state index is 5.76. The number of nitrogens with one attached hydrogen (secondary N) is 1. The summed E-state index contributed by atoms with van der Waals surface area (Å²) in [6.45, 7) is 0.595. The summed E-state index contributed by atoms with van der Waals surface area (Å²) in [5.41, 5.74) is 4.73. The van der Waals surface area contributed by atoms with Crippen LogP contribution in [0.5, 0.6) is 5.75 Å². The summed E-state index contributed by atoms with van der Waals surface area (Å²) in [7, 11) is 1.94. The highest BCUT2D eigenvalue weighted by Crippen LogP contribution is 2.36. The molecule has 0 aromatic heterocycles. The Balaban J connectivity index is 2.22. The first kappa shape index (κ1) is 10.9. The van der Waals surface area contributed by atoms with Crippen molar-refractivity contribution in [3.63, 3.8) is 0 Å². The van der Waals surface area contributed by atoms with E-state index in [9.17, 15) is 0 Å². The second-order valence-electron chi connectivity index (χ2n) is 4.25. The standard InChI is InChI=1S/C16H15NO/c1-17-14-11-18-15-10-6-5-9-13(15)16(14)12-7-3-2-4-8-12/h2-10,17H,11H2,1H3. The van der Waals surface area contributed by atoms with E-state index in [2.05, 4.69) is 35.6 Å². The van der Waals surface area contributed by atoms with Crippen molar-refractivity contribution in [3.8, 4) is 5.75 Å². The van der Waals surface area contributed by atoms with Gasteiger partial charge in [-0.15, -0.1) is 0 Å². The number of hydrogen-bond acceptors (Lipinski definition) is 2. The zero-order chi connectivity index (χ0) is 12.4. The van der Waals surface area contributed by atoms with Crippen LogP contribution in [0.2, 0.25) is 0 Å². The number of fused-ring (bicyclic) bond motifs is 1. The van der Waals surface area contributed by atoms with E-state index in [1.165, 1.54) is 11.1 Å². The second-order valence-corrected chi connectivity index (χ2v) is 4.25. The molecule has 2 heteroatoms. The molecule has 90 valence electrons. The van der Waals surface area contributed by atoms with Crippen LogP contribution >= 0.6 is 0 Å². The first-order chi connectivity index (χ1) is 8.90. The summed E-state index contributed by atoms with van der Waals surface area (Å²) in [5, 5.41) is 3.25. The van der Waals surface area contributed by atoms with E-state index < -0.39 is 0 Å². The van der Waals surface area contributed by atoms with E-state index in [0.29, 0.717) is 6.61 Å². The van der Waals surface area contributed by atoms with Gasteiger partial charge in [0.2, 0.25) is 0 Å². The molecule has 3 rings (SSSR count). The SMILES string of the molecule is CNC1=C(c2ccccc2)c2ccccc2OC1. The lowest BCUT2D eigenvalue weighted by Crippen LogP contribution is -2.21. The molecule has 0 saturated heterocycles. The lowest BCUT2D eigenvalue weighted by atomic mass is 9.94. The Hall–Kier alpha value is -2.22. The third kappa shape index (κ3) is 1.76. The minimum Gasteiger partial charge on any atom is -0.487 e.